The molecule has 1 N–H and O–H groups in total. The number of nitrogens with one attached hydrogen (secondary N) is 1. The molecule has 0 heterocycles. The highest BCUT2D eigenvalue weighted by Gasteiger charge is 2.35. The predicted octanol–water partition coefficient (Wildman–Crippen LogP) is 5.30. The van der Waals surface area contributed by atoms with Crippen molar-refractivity contribution in [3.63, 3.8) is 0 Å². The standard InChI is InChI=1S/C33H36FN3O4S/c1-33(2,3)35-32(39)30(21-24-13-6-5-7-14-24)36(22-26-16-9-11-19-28(26)34)31(38)23-37(42(4,40)41)29-20-12-17-25-15-8-10-18-27(25)29/h5-20,30H,21-23H2,1-4H3,(H,35,39)/t30-/m1/s1. The van der Waals surface area contributed by atoms with Crippen LogP contribution in [0.25, 0.3) is 10.8 Å². The molecular formula is C33H36FN3O4S. The first-order chi connectivity index (χ1) is 19.8. The van der Waals surface area contributed by atoms with Crippen molar-refractivity contribution in [2.45, 2.75) is 45.3 Å². The van der Waals surface area contributed by atoms with Crippen LogP contribution in [0.1, 0.15) is 31.9 Å². The molecule has 0 bridgehead atoms. The molecule has 0 unspecified atom stereocenters. The van der Waals surface area contributed by atoms with Gasteiger partial charge in [0.25, 0.3) is 0 Å². The molecule has 220 valence electrons. The third-order valence-electron chi connectivity index (χ3n) is 6.78. The molecule has 2 amide bonds. The summed E-state index contributed by atoms with van der Waals surface area (Å²) in [6.45, 7) is 4.70. The predicted molar refractivity (Wildman–Crippen MR) is 165 cm³/mol. The van der Waals surface area contributed by atoms with E-state index in [0.29, 0.717) is 11.1 Å². The molecule has 0 spiro atoms. The molecule has 0 fully saturated rings. The van der Waals surface area contributed by atoms with Gasteiger partial charge in [-0.1, -0.05) is 84.9 Å². The van der Waals surface area contributed by atoms with Crippen LogP contribution in [0.4, 0.5) is 10.1 Å². The topological polar surface area (TPSA) is 86.8 Å². The van der Waals surface area contributed by atoms with E-state index in [2.05, 4.69) is 5.32 Å². The van der Waals surface area contributed by atoms with Gasteiger partial charge in [-0.25, -0.2) is 12.8 Å². The molecule has 42 heavy (non-hydrogen) atoms. The van der Waals surface area contributed by atoms with Gasteiger partial charge in [0, 0.05) is 29.5 Å². The Morgan fingerprint density at radius 1 is 0.857 bits per heavy atom. The number of fused-ring (bicyclic) bond motifs is 1. The van der Waals surface area contributed by atoms with Crippen molar-refractivity contribution in [3.05, 3.63) is 114 Å². The average Bonchev–Trinajstić information content (AvgIpc) is 2.93. The minimum Gasteiger partial charge on any atom is -0.350 e. The molecule has 4 aromatic rings. The highest BCUT2D eigenvalue weighted by Crippen LogP contribution is 2.29. The number of rotatable bonds is 10. The van der Waals surface area contributed by atoms with Gasteiger partial charge >= 0.3 is 0 Å². The average molecular weight is 590 g/mol. The fourth-order valence-corrected chi connectivity index (χ4v) is 5.70. The molecule has 9 heteroatoms. The summed E-state index contributed by atoms with van der Waals surface area (Å²) >= 11 is 0. The lowest BCUT2D eigenvalue weighted by Crippen LogP contribution is -2.56. The molecule has 1 atom stereocenters. The fourth-order valence-electron chi connectivity index (χ4n) is 4.84. The Labute approximate surface area is 247 Å². The molecular weight excluding hydrogens is 553 g/mol. The highest BCUT2D eigenvalue weighted by molar-refractivity contribution is 7.92. The summed E-state index contributed by atoms with van der Waals surface area (Å²) in [5.74, 6) is -1.59. The summed E-state index contributed by atoms with van der Waals surface area (Å²) in [7, 11) is -3.94. The molecule has 7 nitrogen and oxygen atoms in total. The second-order valence-electron chi connectivity index (χ2n) is 11.3. The second kappa shape index (κ2) is 12.7. The van der Waals surface area contributed by atoms with E-state index in [1.165, 1.54) is 11.0 Å². The Hall–Kier alpha value is -4.24. The number of hydrogen-bond donors (Lipinski definition) is 1. The molecule has 0 aromatic heterocycles. The van der Waals surface area contributed by atoms with Gasteiger partial charge < -0.3 is 10.2 Å². The van der Waals surface area contributed by atoms with Gasteiger partial charge in [0.2, 0.25) is 21.8 Å². The van der Waals surface area contributed by atoms with Gasteiger partial charge in [-0.05, 0) is 43.9 Å². The number of anilines is 1. The quantitative estimate of drug-likeness (QED) is 0.272. The Morgan fingerprint density at radius 3 is 2.14 bits per heavy atom. The number of benzene rings is 4. The zero-order valence-electron chi connectivity index (χ0n) is 24.2. The van der Waals surface area contributed by atoms with E-state index in [9.17, 15) is 22.4 Å². The molecule has 0 aliphatic carbocycles. The summed E-state index contributed by atoms with van der Waals surface area (Å²) < 4.78 is 42.3. The van der Waals surface area contributed by atoms with Gasteiger partial charge in [-0.15, -0.1) is 0 Å². The largest absolute Gasteiger partial charge is 0.350 e. The number of sulfonamides is 1. The van der Waals surface area contributed by atoms with E-state index in [0.717, 1.165) is 21.5 Å². The van der Waals surface area contributed by atoms with Crippen LogP contribution in [-0.2, 0) is 32.6 Å². The molecule has 0 saturated heterocycles. The Bertz CT molecular complexity index is 1660. The molecule has 4 aromatic carbocycles. The van der Waals surface area contributed by atoms with Crippen LogP contribution in [-0.4, -0.2) is 49.5 Å². The lowest BCUT2D eigenvalue weighted by atomic mass is 10.0. The maximum Gasteiger partial charge on any atom is 0.244 e. The summed E-state index contributed by atoms with van der Waals surface area (Å²) in [6, 6.07) is 26.7. The number of carbonyl (C=O) groups is 2. The highest BCUT2D eigenvalue weighted by atomic mass is 32.2. The normalized spacial score (nSPS) is 12.5. The van der Waals surface area contributed by atoms with E-state index in [1.807, 2.05) is 69.3 Å². The first-order valence-corrected chi connectivity index (χ1v) is 15.5. The van der Waals surface area contributed by atoms with E-state index < -0.39 is 45.8 Å². The number of amides is 2. The minimum absolute atomic E-state index is 0.149. The maximum absolute atomic E-state index is 14.9. The maximum atomic E-state index is 14.9. The van der Waals surface area contributed by atoms with Gasteiger partial charge in [-0.2, -0.15) is 0 Å². The summed E-state index contributed by atoms with van der Waals surface area (Å²) in [5, 5.41) is 4.42. The van der Waals surface area contributed by atoms with Crippen molar-refractivity contribution >= 4 is 38.3 Å². The monoisotopic (exact) mass is 589 g/mol. The van der Waals surface area contributed by atoms with Gasteiger partial charge in [0.05, 0.1) is 11.9 Å². The van der Waals surface area contributed by atoms with Crippen molar-refractivity contribution in [2.75, 3.05) is 17.1 Å². The van der Waals surface area contributed by atoms with Crippen molar-refractivity contribution in [1.82, 2.24) is 10.2 Å². The summed E-state index contributed by atoms with van der Waals surface area (Å²) in [5.41, 5.74) is 0.740. The Balaban J connectivity index is 1.81. The van der Waals surface area contributed by atoms with Crippen LogP contribution in [0.2, 0.25) is 0 Å². The smallest absolute Gasteiger partial charge is 0.244 e. The first kappa shape index (κ1) is 30.7. The third kappa shape index (κ3) is 7.73. The number of hydrogen-bond acceptors (Lipinski definition) is 4. The van der Waals surface area contributed by atoms with Crippen molar-refractivity contribution in [2.24, 2.45) is 0 Å². The second-order valence-corrected chi connectivity index (χ2v) is 13.2. The Morgan fingerprint density at radius 2 is 1.48 bits per heavy atom. The molecule has 0 aliphatic rings. The Kier molecular flexibility index (Phi) is 9.31. The number of carbonyl (C=O) groups excluding carboxylic acids is 2. The van der Waals surface area contributed by atoms with Crippen molar-refractivity contribution in [3.8, 4) is 0 Å². The zero-order valence-corrected chi connectivity index (χ0v) is 25.1. The SMILES string of the molecule is CC(C)(C)NC(=O)[C@@H](Cc1ccccc1)N(Cc1ccccc1F)C(=O)CN(c1cccc2ccccc12)S(C)(=O)=O. The molecule has 0 saturated carbocycles. The van der Waals surface area contributed by atoms with Gasteiger partial charge in [0.15, 0.2) is 0 Å². The number of nitrogens with zero attached hydrogens (tertiary/aromatic N) is 2. The van der Waals surface area contributed by atoms with E-state index >= 15 is 0 Å². The van der Waals surface area contributed by atoms with E-state index in [1.54, 1.807) is 42.5 Å². The molecule has 0 radical (unpaired) electrons. The molecule has 4 rings (SSSR count). The van der Waals surface area contributed by atoms with Crippen LogP contribution in [0, 0.1) is 5.82 Å². The first-order valence-electron chi connectivity index (χ1n) is 13.7. The van der Waals surface area contributed by atoms with Crippen LogP contribution < -0.4 is 9.62 Å². The minimum atomic E-state index is -3.94. The third-order valence-corrected chi connectivity index (χ3v) is 7.91. The van der Waals surface area contributed by atoms with Gasteiger partial charge in [-0.3, -0.25) is 13.9 Å². The summed E-state index contributed by atoms with van der Waals surface area (Å²) in [6.07, 6.45) is 1.19. The van der Waals surface area contributed by atoms with Crippen LogP contribution in [0.5, 0.6) is 0 Å². The number of halogens is 1. The summed E-state index contributed by atoms with van der Waals surface area (Å²) in [4.78, 5) is 29.3. The van der Waals surface area contributed by atoms with Crippen LogP contribution >= 0.6 is 0 Å². The van der Waals surface area contributed by atoms with Crippen LogP contribution in [0.15, 0.2) is 97.1 Å². The van der Waals surface area contributed by atoms with E-state index in [-0.39, 0.29) is 18.5 Å². The van der Waals surface area contributed by atoms with E-state index in [4.69, 9.17) is 0 Å². The van der Waals surface area contributed by atoms with Gasteiger partial charge in [0.1, 0.15) is 18.4 Å². The lowest BCUT2D eigenvalue weighted by Gasteiger charge is -2.35. The van der Waals surface area contributed by atoms with Crippen LogP contribution in [0.3, 0.4) is 0 Å². The van der Waals surface area contributed by atoms with Crippen molar-refractivity contribution < 1.29 is 22.4 Å². The van der Waals surface area contributed by atoms with Crippen molar-refractivity contribution in [1.29, 1.82) is 0 Å². The lowest BCUT2D eigenvalue weighted by molar-refractivity contribution is -0.140. The molecule has 0 aliphatic heterocycles. The fraction of sp³-hybridized carbons (Fsp3) is 0.273. The zero-order chi connectivity index (χ0) is 30.5.